The first-order valence-corrected chi connectivity index (χ1v) is 1.90. The molecule has 0 aromatic rings. The van der Waals surface area contributed by atoms with Crippen LogP contribution in [-0.4, -0.2) is 26.5 Å². The summed E-state index contributed by atoms with van der Waals surface area (Å²) in [5.74, 6) is 0. The van der Waals surface area contributed by atoms with E-state index in [1.165, 1.54) is 0 Å². The molecule has 0 saturated carbocycles. The van der Waals surface area contributed by atoms with Gasteiger partial charge in [0.15, 0.2) is 5.04 Å². The molecule has 1 aliphatic rings. The first-order valence-electron chi connectivity index (χ1n) is 1.90. The summed E-state index contributed by atoms with van der Waals surface area (Å²) in [6, 6.07) is 0. The van der Waals surface area contributed by atoms with Crippen LogP contribution in [0.15, 0.2) is 0 Å². The molecule has 1 heterocycles. The highest BCUT2D eigenvalue weighted by molar-refractivity contribution is 3.22. The fourth-order valence-electron chi connectivity index (χ4n) is 0.116. The molecule has 1 saturated heterocycles. The summed E-state index contributed by atoms with van der Waals surface area (Å²) in [7, 11) is 0. The molecule has 0 aromatic heterocycles. The van der Waals surface area contributed by atoms with Crippen molar-refractivity contribution < 1.29 is 66.4 Å². The molecule has 82 valence electrons. The van der Waals surface area contributed by atoms with Gasteiger partial charge in [0.2, 0.25) is 14.9 Å². The molecule has 1 rings (SSSR count). The number of hydrogen-bond acceptors (Lipinski definition) is 10. The lowest BCUT2D eigenvalue weighted by atomic mass is 13.9. The lowest BCUT2D eigenvalue weighted by Gasteiger charge is -1.99. The lowest BCUT2D eigenvalue weighted by Crippen LogP contribution is -2.21. The van der Waals surface area contributed by atoms with E-state index in [2.05, 4.69) is 30.2 Å². The predicted molar refractivity (Wildman–Crippen MR) is 22.8 cm³/mol. The van der Waals surface area contributed by atoms with E-state index in [4.69, 9.17) is 21.0 Å². The molecular weight excluding hydrogens is 208 g/mol. The lowest BCUT2D eigenvalue weighted by molar-refractivity contribution is -1.06. The molecule has 0 aromatic carbocycles. The van der Waals surface area contributed by atoms with Gasteiger partial charge >= 0.3 is 0 Å². The molecule has 0 amide bonds. The van der Waals surface area contributed by atoms with Crippen molar-refractivity contribution in [2.75, 3.05) is 0 Å². The Morgan fingerprint density at radius 2 is 1.38 bits per heavy atom. The van der Waals surface area contributed by atoms with E-state index < -0.39 is 4.82 Å². The smallest absolute Gasteiger partial charge is 0.235 e. The normalized spacial score (nSPS) is 17.3. The van der Waals surface area contributed by atoms with Gasteiger partial charge in [-0.1, -0.05) is 0 Å². The third kappa shape index (κ3) is 11.5. The Morgan fingerprint density at radius 3 is 1.62 bits per heavy atom. The Morgan fingerprint density at radius 1 is 1.00 bits per heavy atom. The van der Waals surface area contributed by atoms with Crippen LogP contribution in [0.5, 0.6) is 0 Å². The Balaban J connectivity index is 0. The van der Waals surface area contributed by atoms with E-state index in [-0.39, 0.29) is 5.48 Å². The molecule has 0 atom stereocenters. The van der Waals surface area contributed by atoms with Crippen molar-refractivity contribution in [1.82, 2.24) is 0 Å². The summed E-state index contributed by atoms with van der Waals surface area (Å²) in [5, 5.41) is 49.4. The van der Waals surface area contributed by atoms with Gasteiger partial charge in [0, 0.05) is 15.1 Å². The molecular formula is H6O13+2. The van der Waals surface area contributed by atoms with Crippen LogP contribution in [0.1, 0.15) is 0 Å². The fraction of sp³-hybridized carbons (Fsp3) is 0. The minimum atomic E-state index is -0.417. The van der Waals surface area contributed by atoms with Crippen molar-refractivity contribution in [3.63, 3.8) is 0 Å². The maximum Gasteiger partial charge on any atom is 0.235 e. The Hall–Kier alpha value is -0.520. The van der Waals surface area contributed by atoms with Crippen molar-refractivity contribution in [2.45, 2.75) is 0 Å². The van der Waals surface area contributed by atoms with E-state index in [1.807, 2.05) is 0 Å². The topological polar surface area (TPSA) is 173 Å². The number of hydrogen-bond donors (Lipinski definition) is 4. The van der Waals surface area contributed by atoms with Crippen molar-refractivity contribution in [1.29, 1.82) is 0 Å². The zero-order valence-electron chi connectivity index (χ0n) is 5.55. The highest BCUT2D eigenvalue weighted by atomic mass is 18.1. The second-order valence-electron chi connectivity index (χ2n) is 0.864. The van der Waals surface area contributed by atoms with Crippen LogP contribution in [0.25, 0.3) is 0 Å². The number of rotatable bonds is 1. The molecule has 0 radical (unpaired) electrons. The standard InChI is InChI=1S/O8.H3O4.H2O/c1-2-8-6-4-3-5-7-8;1-4(2)3;/h;1-3H;1H2/q;+1;/p+1. The minimum Gasteiger partial charge on any atom is -0.412 e. The molecule has 0 spiro atoms. The second-order valence-corrected chi connectivity index (χ2v) is 0.864. The predicted octanol–water partition coefficient (Wildman–Crippen LogP) is -1.34. The van der Waals surface area contributed by atoms with Crippen molar-refractivity contribution in [3.05, 3.63) is 0 Å². The quantitative estimate of drug-likeness (QED) is 0.232. The van der Waals surface area contributed by atoms with Gasteiger partial charge < -0.3 is 5.48 Å². The average molecular weight is 214 g/mol. The second kappa shape index (κ2) is 9.57. The van der Waals surface area contributed by atoms with Crippen LogP contribution in [0.2, 0.25) is 0 Å². The highest BCUT2D eigenvalue weighted by Gasteiger charge is 2.30. The first kappa shape index (κ1) is 15.0. The van der Waals surface area contributed by atoms with Gasteiger partial charge in [0.05, 0.1) is 0 Å². The van der Waals surface area contributed by atoms with Crippen LogP contribution >= 0.6 is 0 Å². The van der Waals surface area contributed by atoms with Gasteiger partial charge in [-0.05, 0) is 15.8 Å². The molecule has 13 heavy (non-hydrogen) atoms. The van der Waals surface area contributed by atoms with Crippen LogP contribution in [0.4, 0.5) is 0 Å². The zero-order valence-corrected chi connectivity index (χ0v) is 5.55. The van der Waals surface area contributed by atoms with E-state index in [9.17, 15) is 0 Å². The van der Waals surface area contributed by atoms with E-state index in [0.717, 1.165) is 4.82 Å². The van der Waals surface area contributed by atoms with E-state index >= 15 is 0 Å². The molecule has 1 aliphatic heterocycles. The zero-order chi connectivity index (χ0) is 9.40. The molecule has 0 bridgehead atoms. The highest BCUT2D eigenvalue weighted by Crippen LogP contribution is 2.07. The van der Waals surface area contributed by atoms with Gasteiger partial charge in [0.25, 0.3) is 0 Å². The minimum absolute atomic E-state index is 0. The van der Waals surface area contributed by atoms with Gasteiger partial charge in [-0.25, -0.2) is 0 Å². The summed E-state index contributed by atoms with van der Waals surface area (Å²) in [5.41, 5.74) is 0. The van der Waals surface area contributed by atoms with E-state index in [1.54, 1.807) is 0 Å². The first-order chi connectivity index (χ1) is 5.66. The summed E-state index contributed by atoms with van der Waals surface area (Å²) in [4.78, 5) is 0.302. The maximum atomic E-state index is 7.61. The Labute approximate surface area is 67.8 Å². The van der Waals surface area contributed by atoms with Gasteiger partial charge in [-0.2, -0.15) is 5.26 Å². The monoisotopic (exact) mass is 214 g/mol. The Bertz CT molecular complexity index is 75.3. The average Bonchev–Trinajstić information content (AvgIpc) is 2.05. The van der Waals surface area contributed by atoms with Crippen LogP contribution in [-0.2, 0) is 39.9 Å². The van der Waals surface area contributed by atoms with Gasteiger partial charge in [0.1, 0.15) is 4.82 Å². The van der Waals surface area contributed by atoms with Crippen LogP contribution in [0, 0.1) is 0 Å². The van der Waals surface area contributed by atoms with Crippen LogP contribution in [0.3, 0.4) is 0 Å². The molecule has 6 N–H and O–H groups in total. The largest absolute Gasteiger partial charge is 0.412 e. The van der Waals surface area contributed by atoms with E-state index in [0.29, 0.717) is 0 Å². The molecule has 13 heteroatoms. The summed E-state index contributed by atoms with van der Waals surface area (Å²) < 4.78 is 0. The Kier molecular flexibility index (Phi) is 11.0. The SMILES string of the molecule is O.OO[O+]1OOOOO1.O[O+](O)O. The van der Waals surface area contributed by atoms with Gasteiger partial charge in [-0.3, -0.25) is 0 Å². The molecule has 0 aliphatic carbocycles. The van der Waals surface area contributed by atoms with Crippen molar-refractivity contribution >= 4 is 0 Å². The van der Waals surface area contributed by atoms with Gasteiger partial charge in [-0.15, -0.1) is 0 Å². The molecule has 13 nitrogen and oxygen atoms in total. The summed E-state index contributed by atoms with van der Waals surface area (Å²) in [6.07, 6.45) is 0. The van der Waals surface area contributed by atoms with Crippen molar-refractivity contribution in [2.24, 2.45) is 0 Å². The fourth-order valence-corrected chi connectivity index (χ4v) is 0.116. The summed E-state index contributed by atoms with van der Waals surface area (Å²) in [6.45, 7) is 0. The van der Waals surface area contributed by atoms with Crippen LogP contribution < -0.4 is 0 Å². The third-order valence-corrected chi connectivity index (χ3v) is 0.283. The maximum absolute atomic E-state index is 7.61. The molecule has 1 fully saturated rings. The third-order valence-electron chi connectivity index (χ3n) is 0.283. The summed E-state index contributed by atoms with van der Waals surface area (Å²) >= 11 is 0. The van der Waals surface area contributed by atoms with Crippen molar-refractivity contribution in [3.8, 4) is 0 Å². The molecule has 0 unspecified atom stereocenters.